The van der Waals surface area contributed by atoms with E-state index in [0.717, 1.165) is 17.7 Å². The molecule has 0 atom stereocenters. The summed E-state index contributed by atoms with van der Waals surface area (Å²) in [6.45, 7) is 3.07. The van der Waals surface area contributed by atoms with Crippen LogP contribution in [0.1, 0.15) is 77.5 Å². The van der Waals surface area contributed by atoms with Crippen molar-refractivity contribution in [3.63, 3.8) is 0 Å². The Morgan fingerprint density at radius 2 is 1.83 bits per heavy atom. The van der Waals surface area contributed by atoms with E-state index in [4.69, 9.17) is 15.6 Å². The zero-order valence-electron chi connectivity index (χ0n) is 20.9. The Balaban J connectivity index is 1.87. The largest absolute Gasteiger partial charge is 0.479 e. The van der Waals surface area contributed by atoms with Crippen LogP contribution in [0, 0.1) is 12.8 Å². The molecule has 2 aromatic heterocycles. The first-order valence-electron chi connectivity index (χ1n) is 12.6. The van der Waals surface area contributed by atoms with Crippen molar-refractivity contribution in [3.8, 4) is 5.88 Å². The van der Waals surface area contributed by atoms with Crippen LogP contribution in [0.15, 0.2) is 30.5 Å². The number of fused-ring (bicyclic) bond motifs is 1. The number of ether oxygens (including phenoxy) is 1. The first-order valence-corrected chi connectivity index (χ1v) is 12.6. The number of hydrogen-bond acceptors (Lipinski definition) is 5. The summed E-state index contributed by atoms with van der Waals surface area (Å²) in [7, 11) is 0. The Bertz CT molecular complexity index is 1300. The first-order chi connectivity index (χ1) is 17.3. The van der Waals surface area contributed by atoms with Crippen LogP contribution in [0.25, 0.3) is 5.52 Å². The topological polar surface area (TPSA) is 124 Å². The number of nitrogens with two attached hydrogens (primary N) is 1. The number of rotatable bonds is 10. The monoisotopic (exact) mass is 491 g/mol. The average Bonchev–Trinajstić information content (AvgIpc) is 3.16. The molecule has 8 heteroatoms. The second-order valence-electron chi connectivity index (χ2n) is 9.59. The third kappa shape index (κ3) is 5.27. The summed E-state index contributed by atoms with van der Waals surface area (Å²) in [6.07, 6.45) is 10.2. The first kappa shape index (κ1) is 25.4. The number of aliphatic carboxylic acids is 1. The van der Waals surface area contributed by atoms with Gasteiger partial charge in [-0.3, -0.25) is 9.59 Å². The smallest absolute Gasteiger partial charge is 0.341 e. The van der Waals surface area contributed by atoms with Gasteiger partial charge in [-0.2, -0.15) is 0 Å². The quantitative estimate of drug-likeness (QED) is 0.326. The van der Waals surface area contributed by atoms with Gasteiger partial charge in [0.1, 0.15) is 5.52 Å². The zero-order valence-corrected chi connectivity index (χ0v) is 20.9. The number of Topliss-reactive ketones (excluding diaryl/α,β-unsaturated/α-hetero) is 1. The standard InChI is InChI=1S/C28H33N3O5/c1-3-21-22(14-20-12-8-7-11-19(20)13-18-9-5-4-6-10-18)31-15-17(2)30-28(36-16-23(32)33)25(31)24(21)26(34)27(29)35/h7-8,11-12,15,18H,3-6,9-10,13-14,16H2,1-2H3,(H2,29,35)(H,32,33). The number of carbonyl (C=O) groups is 3. The van der Waals surface area contributed by atoms with E-state index in [-0.39, 0.29) is 17.0 Å². The van der Waals surface area contributed by atoms with E-state index in [1.54, 1.807) is 13.1 Å². The van der Waals surface area contributed by atoms with Gasteiger partial charge in [-0.1, -0.05) is 63.3 Å². The Morgan fingerprint density at radius 1 is 1.14 bits per heavy atom. The fourth-order valence-corrected chi connectivity index (χ4v) is 5.45. The van der Waals surface area contributed by atoms with Crippen LogP contribution in [0.4, 0.5) is 0 Å². The molecule has 0 unspecified atom stereocenters. The van der Waals surface area contributed by atoms with Gasteiger partial charge in [0.25, 0.3) is 11.7 Å². The highest BCUT2D eigenvalue weighted by Gasteiger charge is 2.29. The minimum absolute atomic E-state index is 0.00144. The molecule has 1 amide bonds. The number of ketones is 1. The van der Waals surface area contributed by atoms with Crippen molar-refractivity contribution in [2.45, 2.75) is 65.2 Å². The fourth-order valence-electron chi connectivity index (χ4n) is 5.45. The van der Waals surface area contributed by atoms with Gasteiger partial charge in [0.2, 0.25) is 5.88 Å². The minimum Gasteiger partial charge on any atom is -0.479 e. The molecule has 0 spiro atoms. The summed E-state index contributed by atoms with van der Waals surface area (Å²) < 4.78 is 7.31. The van der Waals surface area contributed by atoms with E-state index >= 15 is 0 Å². The summed E-state index contributed by atoms with van der Waals surface area (Å²) in [4.78, 5) is 40.6. The average molecular weight is 492 g/mol. The van der Waals surface area contributed by atoms with Gasteiger partial charge >= 0.3 is 5.97 Å². The number of benzene rings is 1. The highest BCUT2D eigenvalue weighted by atomic mass is 16.5. The van der Waals surface area contributed by atoms with Crippen LogP contribution in [0.3, 0.4) is 0 Å². The third-order valence-electron chi connectivity index (χ3n) is 7.06. The summed E-state index contributed by atoms with van der Waals surface area (Å²) in [5, 5.41) is 9.15. The van der Waals surface area contributed by atoms with Crippen molar-refractivity contribution in [2.24, 2.45) is 11.7 Å². The van der Waals surface area contributed by atoms with E-state index in [0.29, 0.717) is 30.0 Å². The molecular formula is C28H33N3O5. The molecule has 1 saturated carbocycles. The molecule has 3 N–H and O–H groups in total. The predicted octanol–water partition coefficient (Wildman–Crippen LogP) is 4.05. The van der Waals surface area contributed by atoms with E-state index < -0.39 is 24.3 Å². The van der Waals surface area contributed by atoms with Gasteiger partial charge in [0, 0.05) is 18.3 Å². The summed E-state index contributed by atoms with van der Waals surface area (Å²) in [5.74, 6) is -2.41. The van der Waals surface area contributed by atoms with Crippen molar-refractivity contribution in [1.29, 1.82) is 0 Å². The number of aromatic nitrogens is 2. The van der Waals surface area contributed by atoms with E-state index in [1.807, 2.05) is 17.4 Å². The molecule has 36 heavy (non-hydrogen) atoms. The number of primary amides is 1. The van der Waals surface area contributed by atoms with Crippen LogP contribution in [-0.4, -0.2) is 38.8 Å². The lowest BCUT2D eigenvalue weighted by atomic mass is 9.83. The lowest BCUT2D eigenvalue weighted by Gasteiger charge is -2.23. The Morgan fingerprint density at radius 3 is 2.47 bits per heavy atom. The second-order valence-corrected chi connectivity index (χ2v) is 9.59. The van der Waals surface area contributed by atoms with Crippen LogP contribution in [-0.2, 0) is 28.9 Å². The zero-order chi connectivity index (χ0) is 25.8. The Labute approximate surface area is 210 Å². The van der Waals surface area contributed by atoms with Crippen molar-refractivity contribution in [1.82, 2.24) is 9.38 Å². The number of carbonyl (C=O) groups excluding carboxylic acids is 2. The van der Waals surface area contributed by atoms with E-state index in [9.17, 15) is 14.4 Å². The van der Waals surface area contributed by atoms with Gasteiger partial charge in [0.15, 0.2) is 6.61 Å². The van der Waals surface area contributed by atoms with Crippen LogP contribution in [0.2, 0.25) is 0 Å². The van der Waals surface area contributed by atoms with Crippen molar-refractivity contribution < 1.29 is 24.2 Å². The number of hydrogen-bond donors (Lipinski definition) is 2. The molecule has 4 rings (SSSR count). The molecule has 8 nitrogen and oxygen atoms in total. The van der Waals surface area contributed by atoms with E-state index in [1.165, 1.54) is 37.7 Å². The fraction of sp³-hybridized carbons (Fsp3) is 0.429. The van der Waals surface area contributed by atoms with Gasteiger partial charge in [-0.25, -0.2) is 9.78 Å². The number of amides is 1. The molecule has 0 saturated heterocycles. The minimum atomic E-state index is -1.17. The van der Waals surface area contributed by atoms with Crippen LogP contribution in [0.5, 0.6) is 5.88 Å². The second kappa shape index (κ2) is 10.9. The highest BCUT2D eigenvalue weighted by Crippen LogP contribution is 2.34. The van der Waals surface area contributed by atoms with Crippen molar-refractivity contribution in [2.75, 3.05) is 6.61 Å². The molecule has 1 fully saturated rings. The van der Waals surface area contributed by atoms with Gasteiger partial charge in [0.05, 0.1) is 11.3 Å². The van der Waals surface area contributed by atoms with E-state index in [2.05, 4.69) is 23.2 Å². The maximum Gasteiger partial charge on any atom is 0.341 e. The van der Waals surface area contributed by atoms with Gasteiger partial charge < -0.3 is 20.0 Å². The summed E-state index contributed by atoms with van der Waals surface area (Å²) in [5.41, 5.74) is 10.4. The third-order valence-corrected chi connectivity index (χ3v) is 7.06. The lowest BCUT2D eigenvalue weighted by molar-refractivity contribution is -0.139. The van der Waals surface area contributed by atoms with Crippen LogP contribution < -0.4 is 10.5 Å². The van der Waals surface area contributed by atoms with Gasteiger partial charge in [-0.05, 0) is 42.4 Å². The molecular weight excluding hydrogens is 458 g/mol. The maximum absolute atomic E-state index is 13.0. The van der Waals surface area contributed by atoms with Gasteiger partial charge in [-0.15, -0.1) is 0 Å². The number of carboxylic acid groups (broad SMARTS) is 1. The SMILES string of the molecule is CCc1c(C(=O)C(N)=O)c2c(OCC(=O)O)nc(C)cn2c1Cc1ccccc1CC1CCCCC1. The summed E-state index contributed by atoms with van der Waals surface area (Å²) in [6, 6.07) is 8.37. The normalized spacial score (nSPS) is 14.2. The molecule has 1 aliphatic rings. The Hall–Kier alpha value is -3.68. The summed E-state index contributed by atoms with van der Waals surface area (Å²) >= 11 is 0. The molecule has 1 aliphatic carbocycles. The van der Waals surface area contributed by atoms with Crippen molar-refractivity contribution in [3.05, 3.63) is 64.1 Å². The highest BCUT2D eigenvalue weighted by molar-refractivity contribution is 6.44. The predicted molar refractivity (Wildman–Crippen MR) is 135 cm³/mol. The molecule has 0 radical (unpaired) electrons. The molecule has 3 aromatic rings. The molecule has 0 bridgehead atoms. The number of aryl methyl sites for hydroxylation is 1. The molecule has 190 valence electrons. The molecule has 0 aliphatic heterocycles. The van der Waals surface area contributed by atoms with Crippen molar-refractivity contribution >= 4 is 23.2 Å². The molecule has 2 heterocycles. The molecule has 1 aromatic carbocycles. The number of nitrogens with zero attached hydrogens (tertiary/aromatic N) is 2. The van der Waals surface area contributed by atoms with Crippen LogP contribution >= 0.6 is 0 Å². The lowest BCUT2D eigenvalue weighted by Crippen LogP contribution is -2.24. The number of carboxylic acids is 1. The Kier molecular flexibility index (Phi) is 7.72. The maximum atomic E-state index is 13.0.